The lowest BCUT2D eigenvalue weighted by Crippen LogP contribution is -2.23. The lowest BCUT2D eigenvalue weighted by atomic mass is 10.1. The zero-order chi connectivity index (χ0) is 13.1. The van der Waals surface area contributed by atoms with E-state index in [1.165, 1.54) is 12.1 Å². The first-order chi connectivity index (χ1) is 7.83. The molecule has 0 amide bonds. The van der Waals surface area contributed by atoms with Gasteiger partial charge in [0.1, 0.15) is 13.2 Å². The summed E-state index contributed by atoms with van der Waals surface area (Å²) < 4.78 is 32.5. The lowest BCUT2D eigenvalue weighted by Gasteiger charge is -2.18. The van der Waals surface area contributed by atoms with E-state index < -0.39 is 25.1 Å². The fourth-order valence-electron chi connectivity index (χ4n) is 1.12. The topological polar surface area (TPSA) is 46.5 Å². The molecule has 1 rings (SSSR count). The Morgan fingerprint density at radius 2 is 2.06 bits per heavy atom. The molecule has 3 nitrogen and oxygen atoms in total. The van der Waals surface area contributed by atoms with Crippen molar-refractivity contribution in [3.8, 4) is 0 Å². The van der Waals surface area contributed by atoms with Gasteiger partial charge in [0.2, 0.25) is 0 Å². The van der Waals surface area contributed by atoms with E-state index in [2.05, 4.69) is 36.6 Å². The number of hydrogen-bond donors (Lipinski definition) is 1. The van der Waals surface area contributed by atoms with E-state index in [0.29, 0.717) is 4.47 Å². The third-order valence-corrected chi connectivity index (χ3v) is 3.02. The van der Waals surface area contributed by atoms with Gasteiger partial charge in [0.15, 0.2) is 0 Å². The molecule has 17 heavy (non-hydrogen) atoms. The van der Waals surface area contributed by atoms with E-state index in [0.717, 1.165) is 0 Å². The van der Waals surface area contributed by atoms with E-state index in [1.807, 2.05) is 0 Å². The van der Waals surface area contributed by atoms with Gasteiger partial charge < -0.3 is 9.84 Å². The van der Waals surface area contributed by atoms with Crippen molar-refractivity contribution in [1.82, 2.24) is 0 Å². The molecule has 0 saturated carbocycles. The van der Waals surface area contributed by atoms with E-state index in [9.17, 15) is 13.6 Å². The molecule has 0 unspecified atom stereocenters. The number of alkyl halides is 2. The number of carboxylic acids is 1. The average molecular weight is 374 g/mol. The van der Waals surface area contributed by atoms with Crippen LogP contribution in [0.5, 0.6) is 0 Å². The van der Waals surface area contributed by atoms with Crippen molar-refractivity contribution in [2.75, 3.05) is 13.2 Å². The summed E-state index contributed by atoms with van der Waals surface area (Å²) in [5.41, 5.74) is -0.253. The van der Waals surface area contributed by atoms with Crippen LogP contribution in [0.2, 0.25) is 0 Å². The summed E-state index contributed by atoms with van der Waals surface area (Å²) >= 11 is 6.11. The van der Waals surface area contributed by atoms with Gasteiger partial charge in [-0.1, -0.05) is 31.9 Å². The van der Waals surface area contributed by atoms with Crippen LogP contribution in [0.3, 0.4) is 0 Å². The molecule has 0 aliphatic heterocycles. The number of carbonyl (C=O) groups is 1. The fourth-order valence-corrected chi connectivity index (χ4v) is 2.02. The number of hydrogen-bond acceptors (Lipinski definition) is 2. The smallest absolute Gasteiger partial charge is 0.329 e. The Kier molecular flexibility index (Phi) is 5.03. The molecule has 0 fully saturated rings. The van der Waals surface area contributed by atoms with Gasteiger partial charge in [-0.3, -0.25) is 0 Å². The van der Waals surface area contributed by atoms with Crippen LogP contribution >= 0.6 is 31.9 Å². The molecule has 94 valence electrons. The molecule has 1 aromatic rings. The Morgan fingerprint density at radius 1 is 1.41 bits per heavy atom. The summed E-state index contributed by atoms with van der Waals surface area (Å²) in [6, 6.07) is 4.35. The molecule has 0 saturated heterocycles. The zero-order valence-corrected chi connectivity index (χ0v) is 11.6. The molecule has 1 aromatic carbocycles. The van der Waals surface area contributed by atoms with Crippen molar-refractivity contribution < 1.29 is 23.4 Å². The predicted octanol–water partition coefficient (Wildman–Crippen LogP) is 3.40. The standard InChI is InChI=1S/C10H8Br2F2O3/c11-6-1-2-8(12)7(3-6)10(13,14)5-17-4-9(15)16/h1-3H,4-5H2,(H,15,16). The van der Waals surface area contributed by atoms with E-state index in [1.54, 1.807) is 6.07 Å². The van der Waals surface area contributed by atoms with Crippen LogP contribution in [0.4, 0.5) is 8.78 Å². The SMILES string of the molecule is O=C(O)COCC(F)(F)c1cc(Br)ccc1Br. The minimum atomic E-state index is -3.25. The number of ether oxygens (including phenoxy) is 1. The quantitative estimate of drug-likeness (QED) is 0.860. The van der Waals surface area contributed by atoms with E-state index in [4.69, 9.17) is 5.11 Å². The van der Waals surface area contributed by atoms with Crippen LogP contribution in [-0.2, 0) is 15.5 Å². The van der Waals surface area contributed by atoms with Gasteiger partial charge in [-0.05, 0) is 18.2 Å². The van der Waals surface area contributed by atoms with Gasteiger partial charge in [0.05, 0.1) is 0 Å². The summed E-state index contributed by atoms with van der Waals surface area (Å²) in [5.74, 6) is -4.54. The van der Waals surface area contributed by atoms with Crippen LogP contribution in [0.15, 0.2) is 27.1 Å². The first-order valence-corrected chi connectivity index (χ1v) is 6.04. The van der Waals surface area contributed by atoms with Crippen molar-refractivity contribution in [2.45, 2.75) is 5.92 Å². The highest BCUT2D eigenvalue weighted by molar-refractivity contribution is 9.11. The molecule has 0 atom stereocenters. The Bertz CT molecular complexity index is 424. The van der Waals surface area contributed by atoms with Crippen molar-refractivity contribution >= 4 is 37.8 Å². The molecule has 0 aliphatic rings. The Labute approximate surface area is 113 Å². The predicted molar refractivity (Wildman–Crippen MR) is 64.2 cm³/mol. The van der Waals surface area contributed by atoms with Gasteiger partial charge in [0.25, 0.3) is 5.92 Å². The maximum atomic E-state index is 13.7. The Morgan fingerprint density at radius 3 is 2.65 bits per heavy atom. The van der Waals surface area contributed by atoms with Gasteiger partial charge in [-0.15, -0.1) is 0 Å². The highest BCUT2D eigenvalue weighted by Crippen LogP contribution is 2.35. The zero-order valence-electron chi connectivity index (χ0n) is 8.42. The maximum absolute atomic E-state index is 13.7. The molecular formula is C10H8Br2F2O3. The third-order valence-electron chi connectivity index (χ3n) is 1.83. The molecule has 0 heterocycles. The summed E-state index contributed by atoms with van der Waals surface area (Å²) in [5, 5.41) is 8.29. The van der Waals surface area contributed by atoms with Gasteiger partial charge in [-0.2, -0.15) is 8.78 Å². The Balaban J connectivity index is 2.81. The summed E-state index contributed by atoms with van der Waals surface area (Å²) in [6.45, 7) is -1.73. The number of aliphatic carboxylic acids is 1. The first-order valence-electron chi connectivity index (χ1n) is 4.46. The molecular weight excluding hydrogens is 366 g/mol. The number of benzene rings is 1. The van der Waals surface area contributed by atoms with E-state index in [-0.39, 0.29) is 10.0 Å². The van der Waals surface area contributed by atoms with Crippen LogP contribution < -0.4 is 0 Å². The largest absolute Gasteiger partial charge is 0.480 e. The molecule has 7 heteroatoms. The number of rotatable bonds is 5. The van der Waals surface area contributed by atoms with Crippen molar-refractivity contribution in [3.63, 3.8) is 0 Å². The maximum Gasteiger partial charge on any atom is 0.329 e. The molecule has 0 aliphatic carbocycles. The summed E-state index contributed by atoms with van der Waals surface area (Å²) in [6.07, 6.45) is 0. The second-order valence-corrected chi connectivity index (χ2v) is 4.99. The number of halogens is 4. The van der Waals surface area contributed by atoms with Crippen molar-refractivity contribution in [1.29, 1.82) is 0 Å². The van der Waals surface area contributed by atoms with Crippen molar-refractivity contribution in [2.24, 2.45) is 0 Å². The van der Waals surface area contributed by atoms with Gasteiger partial charge in [0, 0.05) is 14.5 Å². The Hall–Kier alpha value is -0.530. The molecule has 0 bridgehead atoms. The van der Waals surface area contributed by atoms with Crippen LogP contribution in [-0.4, -0.2) is 24.3 Å². The monoisotopic (exact) mass is 372 g/mol. The normalized spacial score (nSPS) is 11.5. The summed E-state index contributed by atoms with van der Waals surface area (Å²) in [7, 11) is 0. The molecule has 0 aromatic heterocycles. The van der Waals surface area contributed by atoms with Crippen LogP contribution in [0.1, 0.15) is 5.56 Å². The molecule has 0 radical (unpaired) electrons. The van der Waals surface area contributed by atoms with Gasteiger partial charge in [-0.25, -0.2) is 4.79 Å². The van der Waals surface area contributed by atoms with Crippen LogP contribution in [0, 0.1) is 0 Å². The lowest BCUT2D eigenvalue weighted by molar-refractivity contribution is -0.147. The minimum absolute atomic E-state index is 0.240. The molecule has 0 spiro atoms. The highest BCUT2D eigenvalue weighted by atomic mass is 79.9. The minimum Gasteiger partial charge on any atom is -0.480 e. The van der Waals surface area contributed by atoms with Crippen molar-refractivity contribution in [3.05, 3.63) is 32.7 Å². The summed E-state index contributed by atoms with van der Waals surface area (Å²) in [4.78, 5) is 10.2. The second kappa shape index (κ2) is 5.88. The fraction of sp³-hybridized carbons (Fsp3) is 0.300. The van der Waals surface area contributed by atoms with Crippen LogP contribution in [0.25, 0.3) is 0 Å². The molecule has 1 N–H and O–H groups in total. The van der Waals surface area contributed by atoms with E-state index >= 15 is 0 Å². The number of carboxylic acid groups (broad SMARTS) is 1. The third kappa shape index (κ3) is 4.33. The highest BCUT2D eigenvalue weighted by Gasteiger charge is 2.34. The van der Waals surface area contributed by atoms with Gasteiger partial charge >= 0.3 is 5.97 Å². The first kappa shape index (κ1) is 14.5. The average Bonchev–Trinajstić information content (AvgIpc) is 2.20. The second-order valence-electron chi connectivity index (χ2n) is 3.22.